The second-order valence-electron chi connectivity index (χ2n) is 4.10. The molecule has 7 heteroatoms. The average molecular weight is 290 g/mol. The summed E-state index contributed by atoms with van der Waals surface area (Å²) in [4.78, 5) is 0. The molecule has 0 heterocycles. The third-order valence-corrected chi connectivity index (χ3v) is 2.70. The summed E-state index contributed by atoms with van der Waals surface area (Å²) in [6, 6.07) is 9.28. The van der Waals surface area contributed by atoms with Gasteiger partial charge in [-0.2, -0.15) is 8.42 Å². The van der Waals surface area contributed by atoms with E-state index in [1.54, 1.807) is 6.92 Å². The lowest BCUT2D eigenvalue weighted by Crippen LogP contribution is -2.26. The van der Waals surface area contributed by atoms with Gasteiger partial charge in [-0.1, -0.05) is 18.2 Å². The molecule has 2 unspecified atom stereocenters. The van der Waals surface area contributed by atoms with E-state index in [0.717, 1.165) is 5.75 Å². The monoisotopic (exact) mass is 290 g/mol. The Balaban J connectivity index is 2.23. The summed E-state index contributed by atoms with van der Waals surface area (Å²) < 4.78 is 44.5. The summed E-state index contributed by atoms with van der Waals surface area (Å²) >= 11 is 0. The summed E-state index contributed by atoms with van der Waals surface area (Å²) in [5.41, 5.74) is 0. The molecule has 0 saturated carbocycles. The minimum atomic E-state index is -4.44. The van der Waals surface area contributed by atoms with Crippen LogP contribution in [0.15, 0.2) is 30.3 Å². The van der Waals surface area contributed by atoms with Crippen LogP contribution in [-0.4, -0.2) is 38.4 Å². The highest BCUT2D eigenvalue weighted by Crippen LogP contribution is 2.09. The third-order valence-electron chi connectivity index (χ3n) is 2.13. The Morgan fingerprint density at radius 3 is 2.32 bits per heavy atom. The van der Waals surface area contributed by atoms with Gasteiger partial charge >= 0.3 is 10.4 Å². The van der Waals surface area contributed by atoms with Gasteiger partial charge in [-0.05, 0) is 26.0 Å². The lowest BCUT2D eigenvalue weighted by atomic mass is 10.3. The molecule has 0 aliphatic rings. The lowest BCUT2D eigenvalue weighted by molar-refractivity contribution is -0.00698. The fourth-order valence-corrected chi connectivity index (χ4v) is 1.78. The predicted octanol–water partition coefficient (Wildman–Crippen LogP) is 1.68. The van der Waals surface area contributed by atoms with Gasteiger partial charge in [0.25, 0.3) is 0 Å². The molecule has 6 nitrogen and oxygen atoms in total. The highest BCUT2D eigenvalue weighted by Gasteiger charge is 2.14. The maximum absolute atomic E-state index is 10.5. The number of hydrogen-bond donors (Lipinski definition) is 1. The Morgan fingerprint density at radius 2 is 1.74 bits per heavy atom. The number of benzene rings is 1. The molecule has 19 heavy (non-hydrogen) atoms. The van der Waals surface area contributed by atoms with Crippen LogP contribution in [0.2, 0.25) is 0 Å². The van der Waals surface area contributed by atoms with E-state index in [1.807, 2.05) is 30.3 Å². The van der Waals surface area contributed by atoms with Crippen LogP contribution in [0.4, 0.5) is 0 Å². The van der Waals surface area contributed by atoms with Gasteiger partial charge in [-0.3, -0.25) is 4.55 Å². The summed E-state index contributed by atoms with van der Waals surface area (Å²) in [6.45, 7) is 3.66. The fraction of sp³-hybridized carbons (Fsp3) is 0.500. The van der Waals surface area contributed by atoms with E-state index in [2.05, 4.69) is 4.18 Å². The van der Waals surface area contributed by atoms with Crippen LogP contribution in [0.3, 0.4) is 0 Å². The molecule has 0 radical (unpaired) electrons. The largest absolute Gasteiger partial charge is 0.491 e. The highest BCUT2D eigenvalue weighted by molar-refractivity contribution is 7.80. The van der Waals surface area contributed by atoms with Gasteiger partial charge in [0.05, 0.1) is 18.8 Å². The van der Waals surface area contributed by atoms with Crippen molar-refractivity contribution >= 4 is 10.4 Å². The molecule has 0 aliphatic heterocycles. The van der Waals surface area contributed by atoms with Gasteiger partial charge in [0.1, 0.15) is 12.4 Å². The van der Waals surface area contributed by atoms with Gasteiger partial charge in [-0.25, -0.2) is 4.18 Å². The second kappa shape index (κ2) is 7.44. The molecule has 0 aliphatic carbocycles. The first kappa shape index (κ1) is 15.9. The Kier molecular flexibility index (Phi) is 6.23. The minimum absolute atomic E-state index is 0.0408. The summed E-state index contributed by atoms with van der Waals surface area (Å²) in [7, 11) is -4.44. The third kappa shape index (κ3) is 7.78. The zero-order valence-corrected chi connectivity index (χ0v) is 11.7. The van der Waals surface area contributed by atoms with Crippen molar-refractivity contribution in [3.05, 3.63) is 30.3 Å². The van der Waals surface area contributed by atoms with Crippen LogP contribution in [-0.2, 0) is 19.3 Å². The normalized spacial score (nSPS) is 14.9. The molecule has 1 rings (SSSR count). The van der Waals surface area contributed by atoms with Crippen LogP contribution in [0.1, 0.15) is 13.8 Å². The number of ether oxygens (including phenoxy) is 2. The van der Waals surface area contributed by atoms with Crippen molar-refractivity contribution in [2.75, 3.05) is 13.2 Å². The topological polar surface area (TPSA) is 82.1 Å². The van der Waals surface area contributed by atoms with Crippen LogP contribution in [0, 0.1) is 0 Å². The molecule has 0 amide bonds. The van der Waals surface area contributed by atoms with Crippen LogP contribution in [0.25, 0.3) is 0 Å². The van der Waals surface area contributed by atoms with E-state index in [-0.39, 0.29) is 12.7 Å². The maximum atomic E-state index is 10.5. The van der Waals surface area contributed by atoms with Crippen molar-refractivity contribution < 1.29 is 26.6 Å². The lowest BCUT2D eigenvalue weighted by Gasteiger charge is -2.16. The molecule has 2 atom stereocenters. The molecule has 0 fully saturated rings. The Bertz CT molecular complexity index is 458. The van der Waals surface area contributed by atoms with E-state index in [0.29, 0.717) is 6.61 Å². The second-order valence-corrected chi connectivity index (χ2v) is 5.15. The van der Waals surface area contributed by atoms with Crippen molar-refractivity contribution in [3.63, 3.8) is 0 Å². The number of para-hydroxylation sites is 1. The molecule has 108 valence electrons. The molecule has 0 aromatic heterocycles. The summed E-state index contributed by atoms with van der Waals surface area (Å²) in [5, 5.41) is 0. The van der Waals surface area contributed by atoms with Crippen molar-refractivity contribution in [1.82, 2.24) is 0 Å². The van der Waals surface area contributed by atoms with Gasteiger partial charge < -0.3 is 9.47 Å². The molecule has 1 aromatic rings. The molecule has 1 aromatic carbocycles. The van der Waals surface area contributed by atoms with E-state index in [9.17, 15) is 8.42 Å². The van der Waals surface area contributed by atoms with E-state index >= 15 is 0 Å². The molecule has 0 spiro atoms. The first-order valence-electron chi connectivity index (χ1n) is 5.82. The van der Waals surface area contributed by atoms with E-state index < -0.39 is 16.5 Å². The average Bonchev–Trinajstić information content (AvgIpc) is 2.33. The predicted molar refractivity (Wildman–Crippen MR) is 69.4 cm³/mol. The minimum Gasteiger partial charge on any atom is -0.491 e. The molecular formula is C12H18O6S. The SMILES string of the molecule is CC(COc1ccccc1)OCC(C)OS(=O)(=O)O. The molecule has 1 N–H and O–H groups in total. The van der Waals surface area contributed by atoms with Crippen molar-refractivity contribution in [2.45, 2.75) is 26.1 Å². The molecule has 0 bridgehead atoms. The molecular weight excluding hydrogens is 272 g/mol. The summed E-state index contributed by atoms with van der Waals surface area (Å²) in [6.07, 6.45) is -0.984. The van der Waals surface area contributed by atoms with Gasteiger partial charge in [0.15, 0.2) is 0 Å². The molecule has 0 saturated heterocycles. The van der Waals surface area contributed by atoms with Crippen LogP contribution in [0.5, 0.6) is 5.75 Å². The van der Waals surface area contributed by atoms with Gasteiger partial charge in [0, 0.05) is 0 Å². The zero-order chi connectivity index (χ0) is 14.3. The van der Waals surface area contributed by atoms with Crippen molar-refractivity contribution in [1.29, 1.82) is 0 Å². The highest BCUT2D eigenvalue weighted by atomic mass is 32.3. The smallest absolute Gasteiger partial charge is 0.397 e. The number of hydrogen-bond acceptors (Lipinski definition) is 5. The van der Waals surface area contributed by atoms with Crippen LogP contribution < -0.4 is 4.74 Å². The van der Waals surface area contributed by atoms with Crippen molar-refractivity contribution in [2.24, 2.45) is 0 Å². The van der Waals surface area contributed by atoms with E-state index in [4.69, 9.17) is 14.0 Å². The van der Waals surface area contributed by atoms with E-state index in [1.165, 1.54) is 6.92 Å². The van der Waals surface area contributed by atoms with Gasteiger partial charge in [0.2, 0.25) is 0 Å². The first-order chi connectivity index (χ1) is 8.87. The van der Waals surface area contributed by atoms with Crippen molar-refractivity contribution in [3.8, 4) is 5.75 Å². The fourth-order valence-electron chi connectivity index (χ4n) is 1.31. The Labute approximate surface area is 113 Å². The first-order valence-corrected chi connectivity index (χ1v) is 7.18. The maximum Gasteiger partial charge on any atom is 0.397 e. The Hall–Kier alpha value is -1.15. The quantitative estimate of drug-likeness (QED) is 0.733. The standard InChI is InChI=1S/C12H18O6S/c1-10(8-17-12-6-4-3-5-7-12)16-9-11(2)18-19(13,14)15/h3-7,10-11H,8-9H2,1-2H3,(H,13,14,15). The number of rotatable bonds is 8. The van der Waals surface area contributed by atoms with Gasteiger partial charge in [-0.15, -0.1) is 0 Å². The summed E-state index contributed by atoms with van der Waals surface area (Å²) in [5.74, 6) is 0.736. The zero-order valence-electron chi connectivity index (χ0n) is 10.9. The Morgan fingerprint density at radius 1 is 1.11 bits per heavy atom. The van der Waals surface area contributed by atoms with Crippen LogP contribution >= 0.6 is 0 Å².